The maximum absolute atomic E-state index is 12.4. The summed E-state index contributed by atoms with van der Waals surface area (Å²) in [4.78, 5) is 46.9. The minimum Gasteiger partial charge on any atom is -0.478 e. The highest BCUT2D eigenvalue weighted by molar-refractivity contribution is 6.17. The van der Waals surface area contributed by atoms with Gasteiger partial charge in [-0.15, -0.1) is 0 Å². The molecule has 23 heavy (non-hydrogen) atoms. The van der Waals surface area contributed by atoms with E-state index >= 15 is 0 Å². The van der Waals surface area contributed by atoms with Gasteiger partial charge in [0.2, 0.25) is 0 Å². The van der Waals surface area contributed by atoms with Crippen LogP contribution in [0.15, 0.2) is 12.1 Å². The van der Waals surface area contributed by atoms with Gasteiger partial charge in [0.1, 0.15) is 0 Å². The number of amides is 1. The van der Waals surface area contributed by atoms with Crippen LogP contribution in [0.1, 0.15) is 73.5 Å². The maximum Gasteiger partial charge on any atom is 0.346 e. The molecule has 7 nitrogen and oxygen atoms in total. The van der Waals surface area contributed by atoms with E-state index in [4.69, 9.17) is 0 Å². The number of carboxylic acid groups (broad SMARTS) is 1. The Balaban J connectivity index is 1.95. The van der Waals surface area contributed by atoms with Crippen molar-refractivity contribution in [2.24, 2.45) is 0 Å². The van der Waals surface area contributed by atoms with Gasteiger partial charge in [-0.3, -0.25) is 4.79 Å². The van der Waals surface area contributed by atoms with Crippen molar-refractivity contribution in [3.8, 4) is 0 Å². The van der Waals surface area contributed by atoms with E-state index in [1.807, 2.05) is 0 Å². The highest BCUT2D eigenvalue weighted by Crippen LogP contribution is 2.25. The molecule has 1 aliphatic heterocycles. The molecule has 7 heteroatoms. The second-order valence-electron chi connectivity index (χ2n) is 5.73. The summed E-state index contributed by atoms with van der Waals surface area (Å²) in [7, 11) is 0. The SMILES string of the molecule is O=C(O)c1cc2c(cc1C(=O)NC1CCCCC1)C(=O)OC2=O. The molecule has 0 aromatic heterocycles. The van der Waals surface area contributed by atoms with Crippen molar-refractivity contribution in [3.05, 3.63) is 34.4 Å². The Bertz CT molecular complexity index is 718. The number of hydrogen-bond acceptors (Lipinski definition) is 5. The van der Waals surface area contributed by atoms with Crippen LogP contribution in [0.3, 0.4) is 0 Å². The number of carbonyl (C=O) groups is 4. The molecule has 0 unspecified atom stereocenters. The molecular weight excluding hydrogens is 302 g/mol. The van der Waals surface area contributed by atoms with Gasteiger partial charge in [0.05, 0.1) is 22.3 Å². The van der Waals surface area contributed by atoms with Crippen molar-refractivity contribution in [1.82, 2.24) is 5.32 Å². The van der Waals surface area contributed by atoms with E-state index in [9.17, 15) is 24.3 Å². The summed E-state index contributed by atoms with van der Waals surface area (Å²) < 4.78 is 4.45. The third-order valence-corrected chi connectivity index (χ3v) is 4.20. The number of cyclic esters (lactones) is 2. The Kier molecular flexibility index (Phi) is 3.85. The monoisotopic (exact) mass is 317 g/mol. The molecule has 1 aromatic rings. The first-order valence-electron chi connectivity index (χ1n) is 7.46. The van der Waals surface area contributed by atoms with Crippen LogP contribution in [-0.2, 0) is 4.74 Å². The molecule has 0 saturated heterocycles. The average molecular weight is 317 g/mol. The van der Waals surface area contributed by atoms with Gasteiger partial charge in [-0.2, -0.15) is 0 Å². The molecule has 0 radical (unpaired) electrons. The largest absolute Gasteiger partial charge is 0.478 e. The van der Waals surface area contributed by atoms with Gasteiger partial charge in [0.15, 0.2) is 0 Å². The lowest BCUT2D eigenvalue weighted by molar-refractivity contribution is 0.0443. The van der Waals surface area contributed by atoms with Crippen LogP contribution in [0.25, 0.3) is 0 Å². The predicted octanol–water partition coefficient (Wildman–Crippen LogP) is 1.76. The molecule has 0 spiro atoms. The summed E-state index contributed by atoms with van der Waals surface area (Å²) in [6, 6.07) is 2.16. The molecule has 1 aromatic carbocycles. The van der Waals surface area contributed by atoms with Crippen molar-refractivity contribution in [2.75, 3.05) is 0 Å². The zero-order valence-electron chi connectivity index (χ0n) is 12.3. The van der Waals surface area contributed by atoms with Crippen molar-refractivity contribution in [3.63, 3.8) is 0 Å². The smallest absolute Gasteiger partial charge is 0.346 e. The molecule has 2 aliphatic rings. The van der Waals surface area contributed by atoms with Crippen molar-refractivity contribution in [2.45, 2.75) is 38.1 Å². The fraction of sp³-hybridized carbons (Fsp3) is 0.375. The fourth-order valence-corrected chi connectivity index (χ4v) is 3.01. The average Bonchev–Trinajstić information content (AvgIpc) is 2.81. The van der Waals surface area contributed by atoms with Crippen LogP contribution in [0.5, 0.6) is 0 Å². The number of fused-ring (bicyclic) bond motifs is 1. The summed E-state index contributed by atoms with van der Waals surface area (Å²) in [5.41, 5.74) is -0.646. The van der Waals surface area contributed by atoms with Crippen molar-refractivity contribution in [1.29, 1.82) is 0 Å². The third-order valence-electron chi connectivity index (χ3n) is 4.20. The summed E-state index contributed by atoms with van der Waals surface area (Å²) in [6.07, 6.45) is 4.85. The van der Waals surface area contributed by atoms with Gasteiger partial charge >= 0.3 is 17.9 Å². The molecule has 120 valence electrons. The maximum atomic E-state index is 12.4. The Morgan fingerprint density at radius 1 is 1.00 bits per heavy atom. The van der Waals surface area contributed by atoms with E-state index < -0.39 is 23.8 Å². The van der Waals surface area contributed by atoms with E-state index in [2.05, 4.69) is 10.1 Å². The highest BCUT2D eigenvalue weighted by Gasteiger charge is 2.33. The number of aromatic carboxylic acids is 1. The van der Waals surface area contributed by atoms with Gasteiger partial charge in [0.25, 0.3) is 5.91 Å². The Hall–Kier alpha value is -2.70. The van der Waals surface area contributed by atoms with Gasteiger partial charge in [-0.25, -0.2) is 14.4 Å². The first kappa shape index (κ1) is 15.2. The van der Waals surface area contributed by atoms with Gasteiger partial charge in [0, 0.05) is 6.04 Å². The third kappa shape index (κ3) is 2.81. The van der Waals surface area contributed by atoms with E-state index in [1.54, 1.807) is 0 Å². The standard InChI is InChI=1S/C16H15NO6/c18-13(17-8-4-2-1-3-5-8)9-6-11-12(7-10(9)14(19)20)16(22)23-15(11)21/h6-8H,1-5H2,(H,17,18)(H,19,20). The molecule has 1 fully saturated rings. The Morgan fingerprint density at radius 3 is 2.13 bits per heavy atom. The lowest BCUT2D eigenvalue weighted by Crippen LogP contribution is -2.37. The van der Waals surface area contributed by atoms with E-state index in [0.717, 1.165) is 44.2 Å². The molecule has 2 N–H and O–H groups in total. The van der Waals surface area contributed by atoms with Crippen LogP contribution >= 0.6 is 0 Å². The number of carboxylic acids is 1. The van der Waals surface area contributed by atoms with Crippen LogP contribution in [0, 0.1) is 0 Å². The van der Waals surface area contributed by atoms with E-state index in [1.165, 1.54) is 0 Å². The first-order chi connectivity index (χ1) is 11.0. The number of benzene rings is 1. The molecule has 0 atom stereocenters. The van der Waals surface area contributed by atoms with Gasteiger partial charge in [-0.05, 0) is 25.0 Å². The van der Waals surface area contributed by atoms with Crippen LogP contribution in [0.2, 0.25) is 0 Å². The van der Waals surface area contributed by atoms with Gasteiger partial charge < -0.3 is 15.2 Å². The summed E-state index contributed by atoms with van der Waals surface area (Å²) in [6.45, 7) is 0. The minimum absolute atomic E-state index is 0.000247. The second-order valence-corrected chi connectivity index (χ2v) is 5.73. The summed E-state index contributed by atoms with van der Waals surface area (Å²) in [5.74, 6) is -3.65. The number of hydrogen-bond donors (Lipinski definition) is 2. The normalized spacial score (nSPS) is 17.6. The van der Waals surface area contributed by atoms with E-state index in [-0.39, 0.29) is 28.3 Å². The second kappa shape index (κ2) is 5.83. The lowest BCUT2D eigenvalue weighted by Gasteiger charge is -2.23. The number of carbonyl (C=O) groups excluding carboxylic acids is 3. The Labute approximate surface area is 131 Å². The van der Waals surface area contributed by atoms with E-state index in [0.29, 0.717) is 0 Å². The number of esters is 2. The fourth-order valence-electron chi connectivity index (χ4n) is 3.01. The molecule has 3 rings (SSSR count). The van der Waals surface area contributed by atoms with Gasteiger partial charge in [-0.1, -0.05) is 19.3 Å². The zero-order valence-corrected chi connectivity index (χ0v) is 12.3. The molecule has 1 saturated carbocycles. The number of ether oxygens (including phenoxy) is 1. The molecule has 1 amide bonds. The molecular formula is C16H15NO6. The molecule has 0 bridgehead atoms. The molecule has 1 aliphatic carbocycles. The number of rotatable bonds is 3. The lowest BCUT2D eigenvalue weighted by atomic mass is 9.94. The number of nitrogens with one attached hydrogen (secondary N) is 1. The molecule has 1 heterocycles. The predicted molar refractivity (Wildman–Crippen MR) is 77.5 cm³/mol. The first-order valence-corrected chi connectivity index (χ1v) is 7.46. The van der Waals surface area contributed by atoms with Crippen molar-refractivity contribution < 1.29 is 29.0 Å². The van der Waals surface area contributed by atoms with Crippen LogP contribution < -0.4 is 5.32 Å². The quantitative estimate of drug-likeness (QED) is 0.649. The van der Waals surface area contributed by atoms with Crippen molar-refractivity contribution >= 4 is 23.8 Å². The van der Waals surface area contributed by atoms with Crippen LogP contribution in [-0.4, -0.2) is 35.0 Å². The Morgan fingerprint density at radius 2 is 1.57 bits per heavy atom. The minimum atomic E-state index is -1.34. The zero-order chi connectivity index (χ0) is 16.6. The topological polar surface area (TPSA) is 110 Å². The highest BCUT2D eigenvalue weighted by atomic mass is 16.6. The summed E-state index contributed by atoms with van der Waals surface area (Å²) >= 11 is 0. The van der Waals surface area contributed by atoms with Crippen LogP contribution in [0.4, 0.5) is 0 Å². The summed E-state index contributed by atoms with van der Waals surface area (Å²) in [5, 5.41) is 12.1.